The summed E-state index contributed by atoms with van der Waals surface area (Å²) in [4.78, 5) is 0.127. The molecule has 1 heterocycles. The molecule has 0 spiro atoms. The van der Waals surface area contributed by atoms with E-state index in [4.69, 9.17) is 14.4 Å². The molecule has 0 bridgehead atoms. The van der Waals surface area contributed by atoms with E-state index in [1.54, 1.807) is 30.3 Å². The summed E-state index contributed by atoms with van der Waals surface area (Å²) in [5, 5.41) is 12.8. The SMILES string of the molecule is O=S(=O)(Nc1c(-c2ccccc2)noc1COCCO)c1ccccc1. The third-order valence-corrected chi connectivity index (χ3v) is 4.93. The monoisotopic (exact) mass is 374 g/mol. The fourth-order valence-electron chi connectivity index (χ4n) is 2.34. The van der Waals surface area contributed by atoms with Crippen molar-refractivity contribution in [3.8, 4) is 11.3 Å². The number of aliphatic hydroxyl groups excluding tert-OH is 1. The molecule has 0 aliphatic rings. The number of nitrogens with one attached hydrogen (secondary N) is 1. The van der Waals surface area contributed by atoms with Crippen LogP contribution in [-0.4, -0.2) is 31.9 Å². The largest absolute Gasteiger partial charge is 0.394 e. The number of aromatic nitrogens is 1. The van der Waals surface area contributed by atoms with Crippen LogP contribution in [-0.2, 0) is 21.4 Å². The Morgan fingerprint density at radius 1 is 1.04 bits per heavy atom. The highest BCUT2D eigenvalue weighted by atomic mass is 32.2. The minimum atomic E-state index is -3.82. The molecule has 0 atom stereocenters. The molecule has 0 fully saturated rings. The van der Waals surface area contributed by atoms with Gasteiger partial charge in [0.1, 0.15) is 18.0 Å². The maximum atomic E-state index is 12.7. The molecular formula is C18H18N2O5S. The van der Waals surface area contributed by atoms with Crippen LogP contribution in [0.4, 0.5) is 5.69 Å². The summed E-state index contributed by atoms with van der Waals surface area (Å²) in [6, 6.07) is 17.1. The van der Waals surface area contributed by atoms with Gasteiger partial charge >= 0.3 is 0 Å². The highest BCUT2D eigenvalue weighted by Gasteiger charge is 2.23. The number of rotatable bonds is 8. The number of aliphatic hydroxyl groups is 1. The van der Waals surface area contributed by atoms with Crippen molar-refractivity contribution in [2.45, 2.75) is 11.5 Å². The van der Waals surface area contributed by atoms with Crippen LogP contribution >= 0.6 is 0 Å². The smallest absolute Gasteiger partial charge is 0.262 e. The van der Waals surface area contributed by atoms with Crippen LogP contribution in [0.15, 0.2) is 70.1 Å². The van der Waals surface area contributed by atoms with Crippen LogP contribution in [0.25, 0.3) is 11.3 Å². The molecule has 0 aliphatic carbocycles. The van der Waals surface area contributed by atoms with Gasteiger partial charge in [-0.3, -0.25) is 4.72 Å². The fraction of sp³-hybridized carbons (Fsp3) is 0.167. The maximum absolute atomic E-state index is 12.7. The average molecular weight is 374 g/mol. The highest BCUT2D eigenvalue weighted by Crippen LogP contribution is 2.32. The number of nitrogens with zero attached hydrogens (tertiary/aromatic N) is 1. The van der Waals surface area contributed by atoms with Crippen molar-refractivity contribution in [3.05, 3.63) is 66.4 Å². The number of anilines is 1. The summed E-state index contributed by atoms with van der Waals surface area (Å²) >= 11 is 0. The predicted octanol–water partition coefficient (Wildman–Crippen LogP) is 2.65. The fourth-order valence-corrected chi connectivity index (χ4v) is 3.46. The van der Waals surface area contributed by atoms with Gasteiger partial charge in [-0.15, -0.1) is 0 Å². The Labute approximate surface area is 151 Å². The van der Waals surface area contributed by atoms with Crippen molar-refractivity contribution in [2.24, 2.45) is 0 Å². The molecule has 3 aromatic rings. The minimum Gasteiger partial charge on any atom is -0.394 e. The number of hydrogen-bond donors (Lipinski definition) is 2. The van der Waals surface area contributed by atoms with E-state index < -0.39 is 10.0 Å². The van der Waals surface area contributed by atoms with Gasteiger partial charge in [0.2, 0.25) is 0 Å². The average Bonchev–Trinajstić information content (AvgIpc) is 3.05. The van der Waals surface area contributed by atoms with Crippen LogP contribution in [0.1, 0.15) is 5.76 Å². The molecule has 3 rings (SSSR count). The van der Waals surface area contributed by atoms with Gasteiger partial charge in [0.05, 0.1) is 18.1 Å². The highest BCUT2D eigenvalue weighted by molar-refractivity contribution is 7.92. The van der Waals surface area contributed by atoms with Crippen LogP contribution in [0.3, 0.4) is 0 Å². The first kappa shape index (κ1) is 18.1. The van der Waals surface area contributed by atoms with Crippen LogP contribution in [0.2, 0.25) is 0 Å². The molecule has 0 saturated carbocycles. The van der Waals surface area contributed by atoms with Gasteiger partial charge in [0.25, 0.3) is 10.0 Å². The topological polar surface area (TPSA) is 102 Å². The molecule has 2 aromatic carbocycles. The molecule has 0 unspecified atom stereocenters. The van der Waals surface area contributed by atoms with E-state index in [2.05, 4.69) is 9.88 Å². The van der Waals surface area contributed by atoms with Crippen LogP contribution in [0, 0.1) is 0 Å². The van der Waals surface area contributed by atoms with Crippen LogP contribution < -0.4 is 4.72 Å². The standard InChI is InChI=1S/C18H18N2O5S/c21-11-12-24-13-16-18(17(19-25-16)14-7-3-1-4-8-14)20-26(22,23)15-9-5-2-6-10-15/h1-10,20-21H,11-13H2. The first-order valence-electron chi connectivity index (χ1n) is 7.92. The van der Waals surface area contributed by atoms with Crippen LogP contribution in [0.5, 0.6) is 0 Å². The lowest BCUT2D eigenvalue weighted by Crippen LogP contribution is -2.14. The molecular weight excluding hydrogens is 356 g/mol. The number of benzene rings is 2. The molecule has 8 heteroatoms. The number of ether oxygens (including phenoxy) is 1. The van der Waals surface area contributed by atoms with Crippen molar-refractivity contribution in [1.29, 1.82) is 0 Å². The van der Waals surface area contributed by atoms with Gasteiger partial charge < -0.3 is 14.4 Å². The van der Waals surface area contributed by atoms with E-state index >= 15 is 0 Å². The van der Waals surface area contributed by atoms with E-state index in [1.165, 1.54) is 12.1 Å². The molecule has 1 aromatic heterocycles. The van der Waals surface area contributed by atoms with Gasteiger partial charge in [-0.05, 0) is 12.1 Å². The van der Waals surface area contributed by atoms with Gasteiger partial charge in [-0.1, -0.05) is 53.7 Å². The maximum Gasteiger partial charge on any atom is 0.262 e. The molecule has 136 valence electrons. The third kappa shape index (κ3) is 4.10. The Hall–Kier alpha value is -2.68. The first-order chi connectivity index (χ1) is 12.6. The zero-order chi connectivity index (χ0) is 18.4. The zero-order valence-electron chi connectivity index (χ0n) is 13.8. The second-order valence-corrected chi connectivity index (χ2v) is 7.07. The Morgan fingerprint density at radius 3 is 2.35 bits per heavy atom. The Bertz CT molecular complexity index is 940. The van der Waals surface area contributed by atoms with Gasteiger partial charge in [0.15, 0.2) is 5.76 Å². The molecule has 7 nitrogen and oxygen atoms in total. The molecule has 2 N–H and O–H groups in total. The summed E-state index contributed by atoms with van der Waals surface area (Å²) in [6.07, 6.45) is 0. The summed E-state index contributed by atoms with van der Waals surface area (Å²) < 4.78 is 38.5. The lowest BCUT2D eigenvalue weighted by atomic mass is 10.1. The van der Waals surface area contributed by atoms with E-state index in [0.29, 0.717) is 11.3 Å². The van der Waals surface area contributed by atoms with Crippen molar-refractivity contribution >= 4 is 15.7 Å². The van der Waals surface area contributed by atoms with Crippen molar-refractivity contribution in [3.63, 3.8) is 0 Å². The quantitative estimate of drug-likeness (QED) is 0.588. The van der Waals surface area contributed by atoms with E-state index in [-0.39, 0.29) is 36.2 Å². The van der Waals surface area contributed by atoms with Gasteiger partial charge in [-0.25, -0.2) is 8.42 Å². The zero-order valence-corrected chi connectivity index (χ0v) is 14.6. The molecule has 0 aliphatic heterocycles. The van der Waals surface area contributed by atoms with E-state index in [1.807, 2.05) is 18.2 Å². The summed E-state index contributed by atoms with van der Waals surface area (Å²) in [7, 11) is -3.82. The molecule has 26 heavy (non-hydrogen) atoms. The third-order valence-electron chi connectivity index (χ3n) is 3.57. The Kier molecular flexibility index (Phi) is 5.67. The van der Waals surface area contributed by atoms with Gasteiger partial charge in [0, 0.05) is 5.56 Å². The normalized spacial score (nSPS) is 11.4. The second kappa shape index (κ2) is 8.13. The van der Waals surface area contributed by atoms with E-state index in [0.717, 1.165) is 0 Å². The predicted molar refractivity (Wildman–Crippen MR) is 95.9 cm³/mol. The second-order valence-electron chi connectivity index (χ2n) is 5.39. The minimum absolute atomic E-state index is 0.0208. The first-order valence-corrected chi connectivity index (χ1v) is 9.40. The van der Waals surface area contributed by atoms with E-state index in [9.17, 15) is 8.42 Å². The summed E-state index contributed by atoms with van der Waals surface area (Å²) in [5.41, 5.74) is 1.29. The van der Waals surface area contributed by atoms with Crippen molar-refractivity contribution in [2.75, 3.05) is 17.9 Å². The van der Waals surface area contributed by atoms with Gasteiger partial charge in [-0.2, -0.15) is 0 Å². The summed E-state index contributed by atoms with van der Waals surface area (Å²) in [6.45, 7) is -0.0654. The number of hydrogen-bond acceptors (Lipinski definition) is 6. The molecule has 0 radical (unpaired) electrons. The lowest BCUT2D eigenvalue weighted by Gasteiger charge is -2.09. The summed E-state index contributed by atoms with van der Waals surface area (Å²) in [5.74, 6) is 0.233. The number of sulfonamides is 1. The van der Waals surface area contributed by atoms with Crippen molar-refractivity contribution in [1.82, 2.24) is 5.16 Å². The van der Waals surface area contributed by atoms with Crippen molar-refractivity contribution < 1.29 is 22.8 Å². The lowest BCUT2D eigenvalue weighted by molar-refractivity contribution is 0.0687. The Morgan fingerprint density at radius 2 is 1.69 bits per heavy atom. The molecule has 0 amide bonds. The Balaban J connectivity index is 1.98. The molecule has 0 saturated heterocycles.